The van der Waals surface area contributed by atoms with Crippen molar-refractivity contribution in [1.82, 2.24) is 5.32 Å². The van der Waals surface area contributed by atoms with Gasteiger partial charge in [-0.15, -0.1) is 0 Å². The molecular weight excluding hydrogens is 919 g/mol. The molecule has 2 saturated heterocycles. The average Bonchev–Trinajstić information content (AvgIpc) is 3.38. The van der Waals surface area contributed by atoms with Gasteiger partial charge in [-0.25, -0.2) is 0 Å². The Balaban J connectivity index is 1.54. The predicted octanol–water partition coefficient (Wildman–Crippen LogP) is 9.00. The average molecular weight is 1020 g/mol. The van der Waals surface area contributed by atoms with Gasteiger partial charge in [0.15, 0.2) is 12.6 Å². The molecule has 0 aromatic rings. The van der Waals surface area contributed by atoms with E-state index in [1.807, 2.05) is 6.08 Å². The molecule has 0 bridgehead atoms. The van der Waals surface area contributed by atoms with Crippen LogP contribution in [-0.4, -0.2) is 140 Å². The van der Waals surface area contributed by atoms with Crippen molar-refractivity contribution in [3.8, 4) is 0 Å². The monoisotopic (exact) mass is 1020 g/mol. The van der Waals surface area contributed by atoms with Gasteiger partial charge in [-0.2, -0.15) is 0 Å². The van der Waals surface area contributed by atoms with Gasteiger partial charge < -0.3 is 65.1 Å². The number of carbonyl (C=O) groups is 1. The third kappa shape index (κ3) is 29.7. The molecule has 14 nitrogen and oxygen atoms in total. The lowest BCUT2D eigenvalue weighted by Gasteiger charge is -2.46. The molecule has 0 spiro atoms. The van der Waals surface area contributed by atoms with Gasteiger partial charge in [-0.1, -0.05) is 203 Å². The lowest BCUT2D eigenvalue weighted by Crippen LogP contribution is -2.65. The second-order valence-electron chi connectivity index (χ2n) is 20.0. The van der Waals surface area contributed by atoms with E-state index in [4.69, 9.17) is 18.9 Å². The summed E-state index contributed by atoms with van der Waals surface area (Å²) in [6.07, 6.45) is 39.3. The number of nitrogens with one attached hydrogen (secondary N) is 1. The van der Waals surface area contributed by atoms with Crippen LogP contribution in [0.4, 0.5) is 0 Å². The van der Waals surface area contributed by atoms with Crippen molar-refractivity contribution in [2.75, 3.05) is 19.8 Å². The quantitative estimate of drug-likeness (QED) is 0.0205. The van der Waals surface area contributed by atoms with E-state index in [0.29, 0.717) is 6.42 Å². The second-order valence-corrected chi connectivity index (χ2v) is 20.0. The predicted molar refractivity (Wildman–Crippen MR) is 286 cm³/mol. The Bertz CT molecular complexity index is 1440. The molecule has 2 aliphatic heterocycles. The van der Waals surface area contributed by atoms with E-state index in [-0.39, 0.29) is 18.9 Å². The number of aliphatic hydroxyl groups excluding tert-OH is 8. The first-order chi connectivity index (χ1) is 35.1. The maximum absolute atomic E-state index is 13.1. The smallest absolute Gasteiger partial charge is 0.220 e. The molecule has 12 atom stereocenters. The molecule has 2 heterocycles. The van der Waals surface area contributed by atoms with Gasteiger partial charge in [0.2, 0.25) is 5.91 Å². The Kier molecular flexibility index (Phi) is 40.1. The number of hydrogen-bond acceptors (Lipinski definition) is 13. The van der Waals surface area contributed by atoms with Crippen molar-refractivity contribution in [3.05, 3.63) is 60.8 Å². The summed E-state index contributed by atoms with van der Waals surface area (Å²) in [5.41, 5.74) is 0. The Morgan fingerprint density at radius 2 is 0.958 bits per heavy atom. The SMILES string of the molecule is CC/C=C\C/C=C\C/C=C\C/C=C\CCCCCCCCCCCCCCCCCCCCCCC(=O)NC(COC1OC(CO)C(OC2OC(CO)C(O)C(O)C2O)C(O)C1O)C(O)/C=C/CCCCC. The molecule has 418 valence electrons. The Hall–Kier alpha value is -2.31. The maximum atomic E-state index is 13.1. The Morgan fingerprint density at radius 3 is 1.47 bits per heavy atom. The minimum absolute atomic E-state index is 0.246. The molecule has 0 aromatic carbocycles. The normalized spacial score (nSPS) is 26.0. The fourth-order valence-electron chi connectivity index (χ4n) is 9.11. The van der Waals surface area contributed by atoms with E-state index in [0.717, 1.165) is 70.6 Å². The van der Waals surface area contributed by atoms with Crippen LogP contribution in [0, 0.1) is 0 Å². The van der Waals surface area contributed by atoms with Crippen molar-refractivity contribution in [1.29, 1.82) is 0 Å². The summed E-state index contributed by atoms with van der Waals surface area (Å²) >= 11 is 0. The van der Waals surface area contributed by atoms with Crippen LogP contribution < -0.4 is 5.32 Å². The Morgan fingerprint density at radius 1 is 0.514 bits per heavy atom. The van der Waals surface area contributed by atoms with Crippen LogP contribution in [0.3, 0.4) is 0 Å². The molecule has 0 aliphatic carbocycles. The molecule has 0 aromatic heterocycles. The molecule has 12 unspecified atom stereocenters. The van der Waals surface area contributed by atoms with E-state index in [1.165, 1.54) is 109 Å². The number of carbonyl (C=O) groups excluding carboxylic acids is 1. The van der Waals surface area contributed by atoms with Gasteiger partial charge in [0.05, 0.1) is 32.0 Å². The maximum Gasteiger partial charge on any atom is 0.220 e. The highest BCUT2D eigenvalue weighted by atomic mass is 16.7. The second kappa shape index (κ2) is 43.9. The van der Waals surface area contributed by atoms with Crippen LogP contribution in [0.1, 0.15) is 206 Å². The topological polar surface area (TPSA) is 228 Å². The minimum Gasteiger partial charge on any atom is -0.394 e. The zero-order chi connectivity index (χ0) is 52.4. The number of ether oxygens (including phenoxy) is 4. The minimum atomic E-state index is -1.79. The highest BCUT2D eigenvalue weighted by molar-refractivity contribution is 5.76. The van der Waals surface area contributed by atoms with Gasteiger partial charge in [0.25, 0.3) is 0 Å². The van der Waals surface area contributed by atoms with E-state index in [1.54, 1.807) is 6.08 Å². The standard InChI is InChI=1S/C58H103NO13/c1-3-5-7-9-10-11-12-13-14-15-16-17-18-19-20-21-22-23-24-25-26-27-28-29-30-31-32-33-34-35-36-38-40-42-50(63)59-46(47(62)41-39-37-8-6-4-2)45-69-57-55(68)53(66)56(49(44-61)71-57)72-58-54(67)52(65)51(64)48(43-60)70-58/h5,7,10-11,13-14,16-17,39,41,46-49,51-58,60-62,64-68H,3-4,6,8-9,12,15,18-38,40,42-45H2,1-2H3,(H,59,63)/b7-5-,11-10-,14-13-,17-16-,41-39+. The van der Waals surface area contributed by atoms with Crippen LogP contribution in [-0.2, 0) is 23.7 Å². The van der Waals surface area contributed by atoms with Gasteiger partial charge in [-0.05, 0) is 57.8 Å². The van der Waals surface area contributed by atoms with Crippen LogP contribution in [0.15, 0.2) is 60.8 Å². The number of rotatable bonds is 44. The van der Waals surface area contributed by atoms with Crippen molar-refractivity contribution < 1.29 is 64.6 Å². The molecule has 0 radical (unpaired) electrons. The van der Waals surface area contributed by atoms with Crippen LogP contribution in [0.2, 0.25) is 0 Å². The highest BCUT2D eigenvalue weighted by Crippen LogP contribution is 2.30. The van der Waals surface area contributed by atoms with E-state index in [9.17, 15) is 45.6 Å². The first kappa shape index (κ1) is 65.8. The van der Waals surface area contributed by atoms with E-state index < -0.39 is 86.8 Å². The van der Waals surface area contributed by atoms with Gasteiger partial charge >= 0.3 is 0 Å². The number of aliphatic hydroxyl groups is 8. The van der Waals surface area contributed by atoms with Crippen molar-refractivity contribution in [3.63, 3.8) is 0 Å². The molecule has 2 rings (SSSR count). The number of hydrogen-bond donors (Lipinski definition) is 9. The first-order valence-electron chi connectivity index (χ1n) is 28.5. The molecule has 0 saturated carbocycles. The van der Waals surface area contributed by atoms with Crippen LogP contribution >= 0.6 is 0 Å². The zero-order valence-corrected chi connectivity index (χ0v) is 44.7. The van der Waals surface area contributed by atoms with Crippen LogP contribution in [0.25, 0.3) is 0 Å². The van der Waals surface area contributed by atoms with E-state index in [2.05, 4.69) is 67.8 Å². The molecule has 14 heteroatoms. The summed E-state index contributed by atoms with van der Waals surface area (Å²) in [6.45, 7) is 2.55. The Labute approximate surface area is 435 Å². The molecule has 2 aliphatic rings. The summed E-state index contributed by atoms with van der Waals surface area (Å²) in [5, 5.41) is 86.3. The summed E-state index contributed by atoms with van der Waals surface area (Å²) in [6, 6.07) is -0.910. The zero-order valence-electron chi connectivity index (χ0n) is 44.7. The van der Waals surface area contributed by atoms with Gasteiger partial charge in [0.1, 0.15) is 48.8 Å². The van der Waals surface area contributed by atoms with Crippen LogP contribution in [0.5, 0.6) is 0 Å². The molecule has 9 N–H and O–H groups in total. The van der Waals surface area contributed by atoms with Crippen molar-refractivity contribution >= 4 is 5.91 Å². The summed E-state index contributed by atoms with van der Waals surface area (Å²) in [4.78, 5) is 13.1. The third-order valence-electron chi connectivity index (χ3n) is 13.7. The molecule has 72 heavy (non-hydrogen) atoms. The van der Waals surface area contributed by atoms with Crippen molar-refractivity contribution in [2.45, 2.75) is 280 Å². The fourth-order valence-corrected chi connectivity index (χ4v) is 9.11. The largest absolute Gasteiger partial charge is 0.394 e. The molecular formula is C58H103NO13. The number of unbranched alkanes of at least 4 members (excludes halogenated alkanes) is 23. The van der Waals surface area contributed by atoms with Crippen molar-refractivity contribution in [2.24, 2.45) is 0 Å². The molecule has 1 amide bonds. The fraction of sp³-hybridized carbons (Fsp3) is 0.810. The molecule has 2 fully saturated rings. The van der Waals surface area contributed by atoms with Gasteiger partial charge in [-0.3, -0.25) is 4.79 Å². The van der Waals surface area contributed by atoms with E-state index >= 15 is 0 Å². The summed E-state index contributed by atoms with van der Waals surface area (Å²) in [5.74, 6) is -0.246. The highest BCUT2D eigenvalue weighted by Gasteiger charge is 2.51. The lowest BCUT2D eigenvalue weighted by molar-refractivity contribution is -0.359. The number of allylic oxidation sites excluding steroid dienone is 9. The third-order valence-corrected chi connectivity index (χ3v) is 13.7. The summed E-state index contributed by atoms with van der Waals surface area (Å²) in [7, 11) is 0. The first-order valence-corrected chi connectivity index (χ1v) is 28.5. The number of amides is 1. The lowest BCUT2D eigenvalue weighted by atomic mass is 9.97. The van der Waals surface area contributed by atoms with Gasteiger partial charge in [0, 0.05) is 6.42 Å². The summed E-state index contributed by atoms with van der Waals surface area (Å²) < 4.78 is 22.6.